The second kappa shape index (κ2) is 8.05. The van der Waals surface area contributed by atoms with Gasteiger partial charge in [0.05, 0.1) is 0 Å². The van der Waals surface area contributed by atoms with E-state index in [4.69, 9.17) is 0 Å². The van der Waals surface area contributed by atoms with Gasteiger partial charge in [0, 0.05) is 6.54 Å². The van der Waals surface area contributed by atoms with E-state index in [0.29, 0.717) is 0 Å². The summed E-state index contributed by atoms with van der Waals surface area (Å²) < 4.78 is 0. The third-order valence-corrected chi connectivity index (χ3v) is 1.43. The molecule has 0 radical (unpaired) electrons. The van der Waals surface area contributed by atoms with E-state index in [2.05, 4.69) is 12.2 Å². The van der Waals surface area contributed by atoms with Crippen LogP contribution in [0.4, 0.5) is 0 Å². The normalized spacial score (nSPS) is 12.0. The molecule has 68 valence electrons. The second-order valence-electron chi connectivity index (χ2n) is 2.70. The molecule has 0 amide bonds. The molecule has 0 bridgehead atoms. The van der Waals surface area contributed by atoms with Crippen molar-refractivity contribution in [2.75, 3.05) is 6.54 Å². The zero-order valence-electron chi connectivity index (χ0n) is 7.84. The van der Waals surface area contributed by atoms with Crippen LogP contribution in [0.2, 0.25) is 0 Å². The molecule has 0 aliphatic rings. The number of hydrogen-bond donors (Lipinski definition) is 1. The molecule has 0 fully saturated rings. The first kappa shape index (κ1) is 11.0. The molecule has 0 saturated heterocycles. The van der Waals surface area contributed by atoms with E-state index in [1.54, 1.807) is 13.0 Å². The van der Waals surface area contributed by atoms with Crippen LogP contribution in [0.5, 0.6) is 0 Å². The molecule has 0 rings (SSSR count). The Balaban J connectivity index is 3.43. The van der Waals surface area contributed by atoms with Gasteiger partial charge in [-0.25, -0.2) is 0 Å². The van der Waals surface area contributed by atoms with E-state index in [0.717, 1.165) is 18.4 Å². The highest BCUT2D eigenvalue weighted by atomic mass is 16.1. The van der Waals surface area contributed by atoms with Crippen LogP contribution in [0.25, 0.3) is 0 Å². The molecule has 0 aromatic rings. The van der Waals surface area contributed by atoms with Gasteiger partial charge in [-0.2, -0.15) is 0 Å². The van der Waals surface area contributed by atoms with E-state index in [1.807, 2.05) is 12.3 Å². The molecular weight excluding hydrogens is 150 g/mol. The van der Waals surface area contributed by atoms with Crippen molar-refractivity contribution < 1.29 is 4.79 Å². The van der Waals surface area contributed by atoms with Crippen molar-refractivity contribution in [3.8, 4) is 0 Å². The van der Waals surface area contributed by atoms with E-state index in [1.165, 1.54) is 12.8 Å². The summed E-state index contributed by atoms with van der Waals surface area (Å²) in [5.41, 5.74) is 0.739. The maximum absolute atomic E-state index is 10.1. The average Bonchev–Trinajstić information content (AvgIpc) is 2.10. The minimum Gasteiger partial charge on any atom is -0.391 e. The van der Waals surface area contributed by atoms with Crippen molar-refractivity contribution >= 4 is 6.29 Å². The minimum atomic E-state index is 0.739. The third kappa shape index (κ3) is 7.06. The van der Waals surface area contributed by atoms with Gasteiger partial charge in [0.1, 0.15) is 6.29 Å². The van der Waals surface area contributed by atoms with Crippen LogP contribution in [0.1, 0.15) is 26.7 Å². The monoisotopic (exact) mass is 167 g/mol. The summed E-state index contributed by atoms with van der Waals surface area (Å²) in [4.78, 5) is 10.1. The van der Waals surface area contributed by atoms with Crippen molar-refractivity contribution in [1.82, 2.24) is 5.32 Å². The van der Waals surface area contributed by atoms with E-state index in [-0.39, 0.29) is 0 Å². The summed E-state index contributed by atoms with van der Waals surface area (Å²) in [6.45, 7) is 4.94. The Kier molecular flexibility index (Phi) is 7.35. The molecule has 12 heavy (non-hydrogen) atoms. The molecule has 1 N–H and O–H groups in total. The Morgan fingerprint density at radius 1 is 1.50 bits per heavy atom. The van der Waals surface area contributed by atoms with Crippen molar-refractivity contribution in [2.45, 2.75) is 26.7 Å². The van der Waals surface area contributed by atoms with Gasteiger partial charge in [-0.15, -0.1) is 0 Å². The molecule has 0 aromatic carbocycles. The highest BCUT2D eigenvalue weighted by Crippen LogP contribution is 1.86. The molecule has 0 atom stereocenters. The first-order valence-corrected chi connectivity index (χ1v) is 4.33. The lowest BCUT2D eigenvalue weighted by Gasteiger charge is -1.95. The molecule has 2 nitrogen and oxygen atoms in total. The predicted octanol–water partition coefficient (Wildman–Crippen LogP) is 2.04. The number of allylic oxidation sites excluding steroid dienone is 3. The zero-order chi connectivity index (χ0) is 9.23. The van der Waals surface area contributed by atoms with Gasteiger partial charge in [0.25, 0.3) is 0 Å². The quantitative estimate of drug-likeness (QED) is 0.284. The molecule has 2 heteroatoms. The van der Waals surface area contributed by atoms with E-state index in [9.17, 15) is 4.79 Å². The van der Waals surface area contributed by atoms with Gasteiger partial charge < -0.3 is 5.32 Å². The molecule has 0 saturated carbocycles. The highest BCUT2D eigenvalue weighted by Gasteiger charge is 1.79. The summed E-state index contributed by atoms with van der Waals surface area (Å²) in [5.74, 6) is 0. The number of unbranched alkanes of at least 4 members (excludes halogenated alkanes) is 1. The van der Waals surface area contributed by atoms with Crippen molar-refractivity contribution in [3.05, 3.63) is 23.9 Å². The summed E-state index contributed by atoms with van der Waals surface area (Å²) in [7, 11) is 0. The highest BCUT2D eigenvalue weighted by molar-refractivity contribution is 5.72. The SMILES string of the molecule is CCCCN/C=C/C=C(\C)C=O. The molecule has 0 aliphatic heterocycles. The number of carbonyl (C=O) groups excluding carboxylic acids is 1. The van der Waals surface area contributed by atoms with Crippen LogP contribution in [0.15, 0.2) is 23.9 Å². The first-order chi connectivity index (χ1) is 5.81. The average molecular weight is 167 g/mol. The maximum atomic E-state index is 10.1. The second-order valence-corrected chi connectivity index (χ2v) is 2.70. The van der Waals surface area contributed by atoms with Crippen LogP contribution in [-0.2, 0) is 4.79 Å². The molecule has 0 unspecified atom stereocenters. The lowest BCUT2D eigenvalue weighted by molar-refractivity contribution is -0.104. The molecule has 0 aliphatic carbocycles. The minimum absolute atomic E-state index is 0.739. The summed E-state index contributed by atoms with van der Waals surface area (Å²) in [6.07, 6.45) is 8.72. The zero-order valence-corrected chi connectivity index (χ0v) is 7.84. The fourth-order valence-corrected chi connectivity index (χ4v) is 0.669. The summed E-state index contributed by atoms with van der Waals surface area (Å²) in [5, 5.41) is 3.12. The largest absolute Gasteiger partial charge is 0.391 e. The van der Waals surface area contributed by atoms with Crippen LogP contribution in [-0.4, -0.2) is 12.8 Å². The lowest BCUT2D eigenvalue weighted by Crippen LogP contribution is -2.05. The number of aldehydes is 1. The van der Waals surface area contributed by atoms with Crippen LogP contribution < -0.4 is 5.32 Å². The smallest absolute Gasteiger partial charge is 0.145 e. The van der Waals surface area contributed by atoms with Gasteiger partial charge in [0.2, 0.25) is 0 Å². The van der Waals surface area contributed by atoms with Gasteiger partial charge in [0.15, 0.2) is 0 Å². The fraction of sp³-hybridized carbons (Fsp3) is 0.500. The maximum Gasteiger partial charge on any atom is 0.145 e. The molecular formula is C10H17NO. The fourth-order valence-electron chi connectivity index (χ4n) is 0.669. The summed E-state index contributed by atoms with van der Waals surface area (Å²) in [6, 6.07) is 0. The Morgan fingerprint density at radius 2 is 2.25 bits per heavy atom. The van der Waals surface area contributed by atoms with Crippen molar-refractivity contribution in [1.29, 1.82) is 0 Å². The summed E-state index contributed by atoms with van der Waals surface area (Å²) >= 11 is 0. The van der Waals surface area contributed by atoms with Crippen LogP contribution in [0, 0.1) is 0 Å². The van der Waals surface area contributed by atoms with Gasteiger partial charge in [-0.1, -0.05) is 19.4 Å². The van der Waals surface area contributed by atoms with E-state index >= 15 is 0 Å². The number of hydrogen-bond acceptors (Lipinski definition) is 2. The van der Waals surface area contributed by atoms with Crippen LogP contribution in [0.3, 0.4) is 0 Å². The number of carbonyl (C=O) groups is 1. The Morgan fingerprint density at radius 3 is 2.83 bits per heavy atom. The lowest BCUT2D eigenvalue weighted by atomic mass is 10.3. The number of nitrogens with one attached hydrogen (secondary N) is 1. The molecule has 0 heterocycles. The molecule has 0 spiro atoms. The van der Waals surface area contributed by atoms with Crippen molar-refractivity contribution in [3.63, 3.8) is 0 Å². The molecule has 0 aromatic heterocycles. The Labute approximate surface area is 74.4 Å². The Hall–Kier alpha value is -1.05. The van der Waals surface area contributed by atoms with E-state index < -0.39 is 0 Å². The van der Waals surface area contributed by atoms with Gasteiger partial charge in [-0.3, -0.25) is 4.79 Å². The standard InChI is InChI=1S/C10H17NO/c1-3-4-7-11-8-5-6-10(2)9-12/h5-6,8-9,11H,3-4,7H2,1-2H3/b8-5+,10-6+. The topological polar surface area (TPSA) is 29.1 Å². The van der Waals surface area contributed by atoms with Gasteiger partial charge >= 0.3 is 0 Å². The number of rotatable bonds is 6. The Bertz CT molecular complexity index is 171. The van der Waals surface area contributed by atoms with Gasteiger partial charge in [-0.05, 0) is 31.2 Å². The first-order valence-electron chi connectivity index (χ1n) is 4.33. The van der Waals surface area contributed by atoms with Crippen molar-refractivity contribution in [2.24, 2.45) is 0 Å². The predicted molar refractivity (Wildman–Crippen MR) is 51.9 cm³/mol. The third-order valence-electron chi connectivity index (χ3n) is 1.43. The van der Waals surface area contributed by atoms with Crippen LogP contribution >= 0.6 is 0 Å².